The second kappa shape index (κ2) is 6.77. The lowest BCUT2D eigenvalue weighted by atomic mass is 9.84. The summed E-state index contributed by atoms with van der Waals surface area (Å²) in [6, 6.07) is 4.19. The van der Waals surface area contributed by atoms with Gasteiger partial charge in [-0.3, -0.25) is 9.59 Å². The van der Waals surface area contributed by atoms with Crippen molar-refractivity contribution in [3.63, 3.8) is 0 Å². The molecule has 0 radical (unpaired) electrons. The first-order valence-electron chi connectivity index (χ1n) is 10.4. The van der Waals surface area contributed by atoms with E-state index in [1.165, 1.54) is 18.3 Å². The largest absolute Gasteiger partial charge is 0.333 e. The minimum Gasteiger partial charge on any atom is -0.333 e. The summed E-state index contributed by atoms with van der Waals surface area (Å²) in [7, 11) is 0. The van der Waals surface area contributed by atoms with Crippen molar-refractivity contribution >= 4 is 11.8 Å². The molecule has 2 amide bonds. The van der Waals surface area contributed by atoms with Crippen molar-refractivity contribution in [2.75, 3.05) is 0 Å². The number of pyridine rings is 1. The number of hydrogen-bond donors (Lipinski definition) is 1. The van der Waals surface area contributed by atoms with E-state index in [-0.39, 0.29) is 41.9 Å². The molecule has 4 fully saturated rings. The smallest absolute Gasteiger partial charge is 0.254 e. The van der Waals surface area contributed by atoms with Gasteiger partial charge in [-0.05, 0) is 56.4 Å². The van der Waals surface area contributed by atoms with Crippen LogP contribution in [0.3, 0.4) is 0 Å². The highest BCUT2D eigenvalue weighted by molar-refractivity contribution is 5.95. The third-order valence-corrected chi connectivity index (χ3v) is 7.28. The molecule has 5 rings (SSSR count). The molecule has 1 saturated carbocycles. The van der Waals surface area contributed by atoms with Crippen molar-refractivity contribution < 1.29 is 14.0 Å². The summed E-state index contributed by atoms with van der Waals surface area (Å²) < 4.78 is 13.4. The number of hydrogen-bond acceptors (Lipinski definition) is 5. The maximum atomic E-state index is 13.4. The molecular weight excluding hydrogens is 373 g/mol. The molecule has 2 unspecified atom stereocenters. The van der Waals surface area contributed by atoms with Gasteiger partial charge < -0.3 is 15.5 Å². The minimum atomic E-state index is -0.665. The highest BCUT2D eigenvalue weighted by Crippen LogP contribution is 2.48. The zero-order valence-electron chi connectivity index (χ0n) is 16.1. The van der Waals surface area contributed by atoms with Crippen molar-refractivity contribution in [1.29, 1.82) is 5.26 Å². The summed E-state index contributed by atoms with van der Waals surface area (Å²) in [5.74, 6) is -0.492. The number of carbonyl (C=O) groups is 2. The molecule has 6 atom stereocenters. The molecule has 152 valence electrons. The van der Waals surface area contributed by atoms with Gasteiger partial charge in [0.25, 0.3) is 5.91 Å². The van der Waals surface area contributed by atoms with Gasteiger partial charge in [0.15, 0.2) is 0 Å². The number of nitrogens with zero attached hydrogens (tertiary/aromatic N) is 4. The lowest BCUT2D eigenvalue weighted by Gasteiger charge is -2.41. The summed E-state index contributed by atoms with van der Waals surface area (Å²) in [6.45, 7) is 0. The second-order valence-electron chi connectivity index (χ2n) is 8.91. The average Bonchev–Trinajstić information content (AvgIpc) is 3.31. The molecule has 0 spiro atoms. The normalized spacial score (nSPS) is 35.8. The Hall–Kier alpha value is -2.53. The van der Waals surface area contributed by atoms with E-state index in [1.54, 1.807) is 4.90 Å². The Bertz CT molecular complexity index is 887. The number of rotatable bonds is 3. The highest BCUT2D eigenvalue weighted by Gasteiger charge is 2.56. The quantitative estimate of drug-likeness (QED) is 0.778. The number of fused-ring (bicyclic) bond motifs is 3. The van der Waals surface area contributed by atoms with Crippen molar-refractivity contribution in [1.82, 2.24) is 14.8 Å². The van der Waals surface area contributed by atoms with E-state index in [9.17, 15) is 19.2 Å². The number of aromatic nitrogens is 1. The van der Waals surface area contributed by atoms with Gasteiger partial charge in [-0.2, -0.15) is 9.65 Å². The third kappa shape index (κ3) is 2.99. The Balaban J connectivity index is 1.29. The molecule has 3 saturated heterocycles. The number of likely N-dealkylation sites (tertiary alicyclic amines) is 1. The van der Waals surface area contributed by atoms with E-state index < -0.39 is 12.0 Å². The number of halogens is 1. The van der Waals surface area contributed by atoms with E-state index in [1.807, 2.05) is 4.90 Å². The lowest BCUT2D eigenvalue weighted by molar-refractivity contribution is -0.135. The topological polar surface area (TPSA) is 103 Å². The predicted molar refractivity (Wildman–Crippen MR) is 101 cm³/mol. The van der Waals surface area contributed by atoms with Crippen LogP contribution in [0.25, 0.3) is 0 Å². The summed E-state index contributed by atoms with van der Waals surface area (Å²) in [4.78, 5) is 33.1. The van der Waals surface area contributed by atoms with Crippen molar-refractivity contribution in [3.8, 4) is 6.07 Å². The molecule has 4 aliphatic rings. The number of carbonyl (C=O) groups excluding carboxylic acids is 2. The van der Waals surface area contributed by atoms with Gasteiger partial charge >= 0.3 is 0 Å². The monoisotopic (exact) mass is 397 g/mol. The van der Waals surface area contributed by atoms with Gasteiger partial charge in [0.2, 0.25) is 11.9 Å². The Morgan fingerprint density at radius 1 is 1.21 bits per heavy atom. The van der Waals surface area contributed by atoms with Crippen LogP contribution in [0.1, 0.15) is 48.9 Å². The van der Waals surface area contributed by atoms with Crippen LogP contribution < -0.4 is 5.73 Å². The van der Waals surface area contributed by atoms with Crippen LogP contribution in [0.4, 0.5) is 4.39 Å². The van der Waals surface area contributed by atoms with E-state index in [0.29, 0.717) is 24.3 Å². The minimum absolute atomic E-state index is 0.00429. The van der Waals surface area contributed by atoms with Crippen molar-refractivity contribution in [3.05, 3.63) is 29.8 Å². The SMILES string of the molecule is N#C[C@H]1C[C@H]2C[C@H]2N1C(=O)[C@H](N)C1CC2CCC(C1)N2C(=O)c1ccnc(F)c1. The summed E-state index contributed by atoms with van der Waals surface area (Å²) in [5, 5.41) is 9.37. The molecule has 8 heteroatoms. The fourth-order valence-electron chi connectivity index (χ4n) is 5.79. The van der Waals surface area contributed by atoms with Gasteiger partial charge in [0.05, 0.1) is 12.1 Å². The van der Waals surface area contributed by atoms with Gasteiger partial charge in [0.1, 0.15) is 6.04 Å². The highest BCUT2D eigenvalue weighted by atomic mass is 19.1. The summed E-state index contributed by atoms with van der Waals surface area (Å²) in [6.07, 6.45) is 6.13. The van der Waals surface area contributed by atoms with E-state index in [4.69, 9.17) is 5.73 Å². The van der Waals surface area contributed by atoms with Crippen LogP contribution >= 0.6 is 0 Å². The molecule has 1 aliphatic carbocycles. The average molecular weight is 397 g/mol. The molecule has 4 heterocycles. The van der Waals surface area contributed by atoms with E-state index in [2.05, 4.69) is 11.1 Å². The van der Waals surface area contributed by atoms with Gasteiger partial charge in [-0.15, -0.1) is 0 Å². The Morgan fingerprint density at radius 2 is 1.93 bits per heavy atom. The zero-order chi connectivity index (χ0) is 20.3. The van der Waals surface area contributed by atoms with Crippen LogP contribution in [0.5, 0.6) is 0 Å². The predicted octanol–water partition coefficient (Wildman–Crippen LogP) is 1.44. The second-order valence-corrected chi connectivity index (χ2v) is 8.91. The van der Waals surface area contributed by atoms with Crippen LogP contribution in [-0.4, -0.2) is 56.8 Å². The van der Waals surface area contributed by atoms with Gasteiger partial charge in [-0.25, -0.2) is 4.98 Å². The molecular formula is C21H24FN5O2. The van der Waals surface area contributed by atoms with Gasteiger partial charge in [0, 0.05) is 36.0 Å². The first-order valence-corrected chi connectivity index (χ1v) is 10.4. The Kier molecular flexibility index (Phi) is 4.32. The molecule has 3 aliphatic heterocycles. The van der Waals surface area contributed by atoms with Gasteiger partial charge in [-0.1, -0.05) is 0 Å². The molecule has 7 nitrogen and oxygen atoms in total. The maximum absolute atomic E-state index is 13.4. The van der Waals surface area contributed by atoms with Crippen molar-refractivity contribution in [2.24, 2.45) is 17.6 Å². The zero-order valence-corrected chi connectivity index (χ0v) is 16.1. The number of nitrogens with two attached hydrogens (primary N) is 1. The molecule has 2 bridgehead atoms. The van der Waals surface area contributed by atoms with Crippen LogP contribution in [-0.2, 0) is 4.79 Å². The van der Waals surface area contributed by atoms with Crippen LogP contribution in [0, 0.1) is 29.1 Å². The molecule has 29 heavy (non-hydrogen) atoms. The fourth-order valence-corrected chi connectivity index (χ4v) is 5.79. The first-order chi connectivity index (χ1) is 14.0. The third-order valence-electron chi connectivity index (χ3n) is 7.28. The van der Waals surface area contributed by atoms with Crippen molar-refractivity contribution in [2.45, 2.75) is 68.7 Å². The standard InChI is InChI=1S/C21H24FN5O2/c22-18-9-11(3-4-25-18)20(28)26-14-1-2-15(26)7-13(6-14)19(24)21(29)27-16(10-23)5-12-8-17(12)27/h3-4,9,12-17,19H,1-2,5-8,24H2/t12-,13?,14?,15?,16+,17+,19+/m0/s1. The van der Waals surface area contributed by atoms with E-state index >= 15 is 0 Å². The molecule has 1 aromatic heterocycles. The number of amides is 2. The first kappa shape index (κ1) is 18.5. The molecule has 0 aromatic carbocycles. The number of piperidine rings is 2. The fraction of sp³-hybridized carbons (Fsp3) is 0.619. The lowest BCUT2D eigenvalue weighted by Crippen LogP contribution is -2.55. The van der Waals surface area contributed by atoms with Crippen LogP contribution in [0.2, 0.25) is 0 Å². The molecule has 1 aromatic rings. The van der Waals surface area contributed by atoms with E-state index in [0.717, 1.165) is 25.7 Å². The summed E-state index contributed by atoms with van der Waals surface area (Å²) >= 11 is 0. The number of nitriles is 1. The maximum Gasteiger partial charge on any atom is 0.254 e. The molecule has 2 N–H and O–H groups in total. The van der Waals surface area contributed by atoms with Crippen LogP contribution in [0.15, 0.2) is 18.3 Å². The summed E-state index contributed by atoms with van der Waals surface area (Å²) in [5.41, 5.74) is 6.72. The Labute approximate surface area is 168 Å². The Morgan fingerprint density at radius 3 is 2.59 bits per heavy atom.